The van der Waals surface area contributed by atoms with Gasteiger partial charge in [0.25, 0.3) is 5.56 Å². The fourth-order valence-corrected chi connectivity index (χ4v) is 4.41. The highest BCUT2D eigenvalue weighted by Crippen LogP contribution is 2.28. The van der Waals surface area contributed by atoms with Crippen LogP contribution in [0.15, 0.2) is 53.3 Å². The highest BCUT2D eigenvalue weighted by atomic mass is 35.5. The average Bonchev–Trinajstić information content (AvgIpc) is 3.18. The van der Waals surface area contributed by atoms with Gasteiger partial charge in [0.1, 0.15) is 11.6 Å². The molecule has 0 bridgehead atoms. The van der Waals surface area contributed by atoms with Crippen LogP contribution < -0.4 is 20.9 Å². The van der Waals surface area contributed by atoms with Crippen LogP contribution in [0.3, 0.4) is 0 Å². The van der Waals surface area contributed by atoms with E-state index < -0.39 is 5.82 Å². The number of hydrogen-bond acceptors (Lipinski definition) is 6. The van der Waals surface area contributed by atoms with Gasteiger partial charge in [0.2, 0.25) is 5.95 Å². The van der Waals surface area contributed by atoms with Gasteiger partial charge in [-0.3, -0.25) is 13.9 Å². The van der Waals surface area contributed by atoms with Crippen molar-refractivity contribution in [1.29, 1.82) is 0 Å². The third-order valence-electron chi connectivity index (χ3n) is 5.95. The number of anilines is 1. The van der Waals surface area contributed by atoms with Crippen LogP contribution in [0.2, 0.25) is 5.02 Å². The number of hydrogen-bond donors (Lipinski definition) is 1. The van der Waals surface area contributed by atoms with E-state index in [4.69, 9.17) is 27.1 Å². The second-order valence-corrected chi connectivity index (χ2v) is 8.84. The Morgan fingerprint density at radius 2 is 1.97 bits per heavy atom. The third kappa shape index (κ3) is 4.98. The van der Waals surface area contributed by atoms with E-state index in [1.807, 2.05) is 23.1 Å². The zero-order valence-corrected chi connectivity index (χ0v) is 20.6. The molecule has 0 radical (unpaired) electrons. The number of halogens is 3. The fourth-order valence-electron chi connectivity index (χ4n) is 4.23. The molecule has 5 rings (SSSR count). The number of nitrogens with zero attached hydrogens (tertiary/aromatic N) is 5. The van der Waals surface area contributed by atoms with E-state index in [1.165, 1.54) is 22.8 Å². The Hall–Kier alpha value is -3.14. The Morgan fingerprint density at radius 3 is 2.71 bits per heavy atom. The van der Waals surface area contributed by atoms with Gasteiger partial charge in [-0.2, -0.15) is 9.97 Å². The van der Waals surface area contributed by atoms with Crippen LogP contribution in [-0.4, -0.2) is 38.2 Å². The molecule has 4 aromatic rings. The summed E-state index contributed by atoms with van der Waals surface area (Å²) >= 11 is 6.36. The van der Waals surface area contributed by atoms with E-state index in [0.29, 0.717) is 28.8 Å². The predicted molar refractivity (Wildman–Crippen MR) is 136 cm³/mol. The van der Waals surface area contributed by atoms with E-state index in [2.05, 4.69) is 4.98 Å². The number of nitrogens with two attached hydrogens (primary N) is 1. The molecule has 0 amide bonds. The van der Waals surface area contributed by atoms with Crippen molar-refractivity contribution in [1.82, 2.24) is 19.1 Å². The van der Waals surface area contributed by atoms with E-state index >= 15 is 0 Å². The molecule has 11 heteroatoms. The molecule has 2 N–H and O–H groups in total. The molecule has 0 spiro atoms. The highest BCUT2D eigenvalue weighted by molar-refractivity contribution is 6.31. The van der Waals surface area contributed by atoms with Gasteiger partial charge in [-0.1, -0.05) is 29.8 Å². The summed E-state index contributed by atoms with van der Waals surface area (Å²) in [5.74, 6) is 0.694. The molecule has 1 atom stereocenters. The lowest BCUT2D eigenvalue weighted by atomic mass is 10.1. The summed E-state index contributed by atoms with van der Waals surface area (Å²) in [6, 6.07) is 13.4. The number of aromatic nitrogens is 4. The van der Waals surface area contributed by atoms with Gasteiger partial charge in [0.05, 0.1) is 6.54 Å². The van der Waals surface area contributed by atoms with Crippen LogP contribution >= 0.6 is 24.0 Å². The van der Waals surface area contributed by atoms with Crippen LogP contribution in [0.5, 0.6) is 11.8 Å². The standard InChI is InChI=1S/C24H24ClFN6O2.ClH/c1-30-22(33)20-21(29-24(30)34-18-7-3-2-4-8-18)28-23(31-11-5-6-17(27)14-31)32(20)13-15-12-16(26)9-10-19(15)25;/h2-4,7-10,12,17H,5-6,11,13-14,27H2,1H3;1H/t17-;/m1./s1. The maximum Gasteiger partial charge on any atom is 0.306 e. The Bertz CT molecular complexity index is 1410. The molecule has 1 aliphatic rings. The number of ether oxygens (including phenoxy) is 1. The molecule has 0 aliphatic carbocycles. The number of imidazole rings is 1. The Morgan fingerprint density at radius 1 is 1.20 bits per heavy atom. The third-order valence-corrected chi connectivity index (χ3v) is 6.32. The first-order valence-corrected chi connectivity index (χ1v) is 11.4. The molecule has 35 heavy (non-hydrogen) atoms. The van der Waals surface area contributed by atoms with Crippen molar-refractivity contribution < 1.29 is 9.13 Å². The number of piperidine rings is 1. The van der Waals surface area contributed by atoms with Crippen molar-refractivity contribution in [2.24, 2.45) is 12.8 Å². The quantitative estimate of drug-likeness (QED) is 0.427. The van der Waals surface area contributed by atoms with Gasteiger partial charge in [-0.25, -0.2) is 4.39 Å². The first-order chi connectivity index (χ1) is 16.4. The molecule has 1 saturated heterocycles. The molecule has 3 heterocycles. The fraction of sp³-hybridized carbons (Fsp3) is 0.292. The van der Waals surface area contributed by atoms with Crippen molar-refractivity contribution in [3.8, 4) is 11.8 Å². The second kappa shape index (κ2) is 10.2. The van der Waals surface area contributed by atoms with Crippen molar-refractivity contribution in [2.45, 2.75) is 25.4 Å². The van der Waals surface area contributed by atoms with Gasteiger partial charge < -0.3 is 15.4 Å². The summed E-state index contributed by atoms with van der Waals surface area (Å²) in [5.41, 5.74) is 6.96. The molecule has 0 saturated carbocycles. The zero-order valence-electron chi connectivity index (χ0n) is 19.0. The van der Waals surface area contributed by atoms with Gasteiger partial charge >= 0.3 is 6.01 Å². The van der Waals surface area contributed by atoms with Crippen LogP contribution in [0.25, 0.3) is 11.2 Å². The summed E-state index contributed by atoms with van der Waals surface area (Å²) in [5, 5.41) is 0.401. The monoisotopic (exact) mass is 518 g/mol. The van der Waals surface area contributed by atoms with Gasteiger partial charge in [-0.15, -0.1) is 12.4 Å². The summed E-state index contributed by atoms with van der Waals surface area (Å²) in [6.07, 6.45) is 1.82. The van der Waals surface area contributed by atoms with Crippen LogP contribution in [0, 0.1) is 5.82 Å². The number of fused-ring (bicyclic) bond motifs is 1. The second-order valence-electron chi connectivity index (χ2n) is 8.43. The Labute approximate surface area is 212 Å². The molecule has 184 valence electrons. The minimum atomic E-state index is -0.407. The lowest BCUT2D eigenvalue weighted by molar-refractivity contribution is 0.415. The summed E-state index contributed by atoms with van der Waals surface area (Å²) in [6.45, 7) is 1.49. The highest BCUT2D eigenvalue weighted by Gasteiger charge is 2.26. The van der Waals surface area contributed by atoms with Gasteiger partial charge in [0, 0.05) is 31.2 Å². The van der Waals surface area contributed by atoms with Gasteiger partial charge in [0.15, 0.2) is 11.2 Å². The van der Waals surface area contributed by atoms with E-state index in [1.54, 1.807) is 23.7 Å². The molecule has 1 aliphatic heterocycles. The molecule has 0 unspecified atom stereocenters. The van der Waals surface area contributed by atoms with Crippen molar-refractivity contribution in [3.63, 3.8) is 0 Å². The van der Waals surface area contributed by atoms with Crippen LogP contribution in [-0.2, 0) is 13.6 Å². The first-order valence-electron chi connectivity index (χ1n) is 11.1. The predicted octanol–water partition coefficient (Wildman–Crippen LogP) is 4.11. The van der Waals surface area contributed by atoms with Gasteiger partial charge in [-0.05, 0) is 48.7 Å². The van der Waals surface area contributed by atoms with Crippen molar-refractivity contribution >= 4 is 41.1 Å². The molecular weight excluding hydrogens is 494 g/mol. The van der Waals surface area contributed by atoms with Crippen LogP contribution in [0.4, 0.5) is 10.3 Å². The smallest absolute Gasteiger partial charge is 0.306 e. The Kier molecular flexibility index (Phi) is 7.30. The summed E-state index contributed by atoms with van der Waals surface area (Å²) in [4.78, 5) is 24.8. The average molecular weight is 519 g/mol. The van der Waals surface area contributed by atoms with E-state index in [-0.39, 0.29) is 47.7 Å². The minimum Gasteiger partial charge on any atom is -0.425 e. The normalized spacial score (nSPS) is 15.8. The van der Waals surface area contributed by atoms with E-state index in [9.17, 15) is 9.18 Å². The summed E-state index contributed by atoms with van der Waals surface area (Å²) < 4.78 is 22.9. The number of rotatable bonds is 5. The van der Waals surface area contributed by atoms with E-state index in [0.717, 1.165) is 19.4 Å². The lowest BCUT2D eigenvalue weighted by Gasteiger charge is -2.32. The van der Waals surface area contributed by atoms with Crippen molar-refractivity contribution in [2.75, 3.05) is 18.0 Å². The van der Waals surface area contributed by atoms with Crippen LogP contribution in [0.1, 0.15) is 18.4 Å². The maximum atomic E-state index is 14.0. The maximum absolute atomic E-state index is 14.0. The SMILES string of the molecule is Cl.Cn1c(Oc2ccccc2)nc2nc(N3CCC[C@@H](N)C3)n(Cc3cc(F)ccc3Cl)c2c1=O. The Balaban J connectivity index is 0.00000289. The summed E-state index contributed by atoms with van der Waals surface area (Å²) in [7, 11) is 1.59. The first kappa shape index (κ1) is 25.0. The lowest BCUT2D eigenvalue weighted by Crippen LogP contribution is -2.44. The molecule has 8 nitrogen and oxygen atoms in total. The van der Waals surface area contributed by atoms with Crippen molar-refractivity contribution in [3.05, 3.63) is 75.3 Å². The molecule has 2 aromatic carbocycles. The molecule has 2 aromatic heterocycles. The number of benzene rings is 2. The molecule has 1 fully saturated rings. The topological polar surface area (TPSA) is 91.2 Å². The largest absolute Gasteiger partial charge is 0.425 e. The zero-order chi connectivity index (χ0) is 23.8. The molecular formula is C24H25Cl2FN6O2. The minimum absolute atomic E-state index is 0. The number of para-hydroxylation sites is 1.